The van der Waals surface area contributed by atoms with E-state index in [0.717, 1.165) is 43.6 Å². The number of halogens is 3. The third kappa shape index (κ3) is 5.52. The van der Waals surface area contributed by atoms with Crippen molar-refractivity contribution in [2.45, 2.75) is 25.9 Å². The van der Waals surface area contributed by atoms with E-state index in [-0.39, 0.29) is 11.3 Å². The van der Waals surface area contributed by atoms with E-state index in [1.165, 1.54) is 12.1 Å². The zero-order valence-corrected chi connectivity index (χ0v) is 19.8. The predicted molar refractivity (Wildman–Crippen MR) is 132 cm³/mol. The minimum Gasteiger partial charge on any atom is -0.341 e. The van der Waals surface area contributed by atoms with Crippen LogP contribution in [0, 0.1) is 6.92 Å². The van der Waals surface area contributed by atoms with E-state index in [9.17, 15) is 18.0 Å². The summed E-state index contributed by atoms with van der Waals surface area (Å²) in [6, 6.07) is 9.45. The van der Waals surface area contributed by atoms with Crippen LogP contribution in [0.25, 0.3) is 5.95 Å². The molecule has 9 nitrogen and oxygen atoms in total. The van der Waals surface area contributed by atoms with Gasteiger partial charge in [0.25, 0.3) is 5.91 Å². The van der Waals surface area contributed by atoms with Crippen LogP contribution in [-0.2, 0) is 6.18 Å². The number of hydrogen-bond donors (Lipinski definition) is 2. The summed E-state index contributed by atoms with van der Waals surface area (Å²) >= 11 is 0. The van der Waals surface area contributed by atoms with E-state index in [0.29, 0.717) is 23.5 Å². The van der Waals surface area contributed by atoms with Crippen molar-refractivity contribution in [1.29, 1.82) is 0 Å². The normalized spacial score (nSPS) is 13.6. The lowest BCUT2D eigenvalue weighted by Crippen LogP contribution is -2.22. The van der Waals surface area contributed by atoms with Gasteiger partial charge in [-0.3, -0.25) is 9.36 Å². The summed E-state index contributed by atoms with van der Waals surface area (Å²) in [6.45, 7) is 3.55. The molecule has 0 atom stereocenters. The Morgan fingerprint density at radius 3 is 2.51 bits per heavy atom. The summed E-state index contributed by atoms with van der Waals surface area (Å²) < 4.78 is 40.8. The van der Waals surface area contributed by atoms with Crippen LogP contribution in [-0.4, -0.2) is 43.5 Å². The summed E-state index contributed by atoms with van der Waals surface area (Å²) in [5.74, 6) is 0.678. The van der Waals surface area contributed by atoms with Crippen molar-refractivity contribution in [3.63, 3.8) is 0 Å². The molecule has 37 heavy (non-hydrogen) atoms. The lowest BCUT2D eigenvalue weighted by atomic mass is 10.1. The van der Waals surface area contributed by atoms with E-state index in [2.05, 4.69) is 35.5 Å². The van der Waals surface area contributed by atoms with E-state index < -0.39 is 17.6 Å². The van der Waals surface area contributed by atoms with Crippen molar-refractivity contribution in [2.75, 3.05) is 28.6 Å². The van der Waals surface area contributed by atoms with Gasteiger partial charge in [-0.1, -0.05) is 12.1 Å². The first-order valence-electron chi connectivity index (χ1n) is 11.6. The number of anilines is 4. The van der Waals surface area contributed by atoms with Crippen LogP contribution in [0.4, 0.5) is 36.4 Å². The van der Waals surface area contributed by atoms with Crippen LogP contribution in [0.5, 0.6) is 0 Å². The Balaban J connectivity index is 1.41. The second-order valence-electron chi connectivity index (χ2n) is 8.61. The molecule has 12 heteroatoms. The maximum absolute atomic E-state index is 13.0. The zero-order chi connectivity index (χ0) is 26.0. The van der Waals surface area contributed by atoms with Crippen LogP contribution in [0.15, 0.2) is 61.2 Å². The minimum absolute atomic E-state index is 0.0487. The van der Waals surface area contributed by atoms with Gasteiger partial charge in [0.2, 0.25) is 17.8 Å². The average molecular weight is 509 g/mol. The molecule has 0 aliphatic carbocycles. The second-order valence-corrected chi connectivity index (χ2v) is 8.61. The van der Waals surface area contributed by atoms with Crippen LogP contribution in [0.2, 0.25) is 0 Å². The van der Waals surface area contributed by atoms with Crippen molar-refractivity contribution < 1.29 is 18.0 Å². The molecule has 1 aliphatic rings. The molecule has 2 aromatic carbocycles. The van der Waals surface area contributed by atoms with E-state index in [4.69, 9.17) is 0 Å². The Hall–Kier alpha value is -4.48. The number of imidazole rings is 1. The SMILES string of the molecule is Cc1ccc(C(=O)Nc2cccc(C(F)(F)F)c2)cc1Nc1nc(N2CCCC2)nc(-n2ccnc2)n1. The lowest BCUT2D eigenvalue weighted by Gasteiger charge is -2.17. The quantitative estimate of drug-likeness (QED) is 0.379. The van der Waals surface area contributed by atoms with Crippen molar-refractivity contribution in [2.24, 2.45) is 0 Å². The Morgan fingerprint density at radius 2 is 1.78 bits per heavy atom. The van der Waals surface area contributed by atoms with Crippen LogP contribution < -0.4 is 15.5 Å². The summed E-state index contributed by atoms with van der Waals surface area (Å²) in [6.07, 6.45) is 2.56. The Morgan fingerprint density at radius 1 is 1.00 bits per heavy atom. The fourth-order valence-electron chi connectivity index (χ4n) is 3.96. The van der Waals surface area contributed by atoms with Crippen molar-refractivity contribution in [3.05, 3.63) is 77.9 Å². The number of carbonyl (C=O) groups is 1. The molecule has 3 heterocycles. The number of amides is 1. The van der Waals surface area contributed by atoms with Crippen molar-refractivity contribution in [3.8, 4) is 5.95 Å². The molecule has 0 unspecified atom stereocenters. The number of aryl methyl sites for hydroxylation is 1. The van der Waals surface area contributed by atoms with Crippen LogP contribution in [0.1, 0.15) is 34.3 Å². The highest BCUT2D eigenvalue weighted by atomic mass is 19.4. The summed E-state index contributed by atoms with van der Waals surface area (Å²) in [5.41, 5.74) is 0.866. The van der Waals surface area contributed by atoms with Crippen molar-refractivity contribution >= 4 is 29.2 Å². The van der Waals surface area contributed by atoms with Crippen molar-refractivity contribution in [1.82, 2.24) is 24.5 Å². The van der Waals surface area contributed by atoms with Gasteiger partial charge in [-0.05, 0) is 55.7 Å². The molecule has 2 N–H and O–H groups in total. The zero-order valence-electron chi connectivity index (χ0n) is 19.8. The molecule has 2 aromatic heterocycles. The molecule has 1 saturated heterocycles. The first-order chi connectivity index (χ1) is 17.8. The standard InChI is InChI=1S/C25H23F3N8O/c1-16-7-8-17(21(37)30-19-6-4-5-18(14-19)25(26,27)28)13-20(16)31-22-32-23(35-10-2-3-11-35)34-24(33-22)36-12-9-29-15-36/h4-9,12-15H,2-3,10-11H2,1H3,(H,30,37)(H,31,32,33,34). The molecule has 1 amide bonds. The van der Waals surface area contributed by atoms with Gasteiger partial charge in [0.1, 0.15) is 6.33 Å². The lowest BCUT2D eigenvalue weighted by molar-refractivity contribution is -0.137. The van der Waals surface area contributed by atoms with Gasteiger partial charge in [0.15, 0.2) is 0 Å². The number of benzene rings is 2. The highest BCUT2D eigenvalue weighted by Gasteiger charge is 2.30. The number of rotatable bonds is 6. The number of aromatic nitrogens is 5. The van der Waals surface area contributed by atoms with Gasteiger partial charge in [0, 0.05) is 42.4 Å². The molecular formula is C25H23F3N8O. The monoisotopic (exact) mass is 508 g/mol. The topological polar surface area (TPSA) is 101 Å². The summed E-state index contributed by atoms with van der Waals surface area (Å²) in [4.78, 5) is 32.7. The molecule has 1 fully saturated rings. The summed E-state index contributed by atoms with van der Waals surface area (Å²) in [5, 5.41) is 5.71. The fraction of sp³-hybridized carbons (Fsp3) is 0.240. The van der Waals surface area contributed by atoms with Gasteiger partial charge in [0.05, 0.1) is 5.56 Å². The molecule has 5 rings (SSSR count). The van der Waals surface area contributed by atoms with Crippen LogP contribution >= 0.6 is 0 Å². The van der Waals surface area contributed by atoms with Gasteiger partial charge < -0.3 is 15.5 Å². The Kier molecular flexibility index (Phi) is 6.47. The molecule has 190 valence electrons. The molecule has 0 spiro atoms. The Labute approximate surface area is 210 Å². The smallest absolute Gasteiger partial charge is 0.341 e. The third-order valence-electron chi connectivity index (χ3n) is 5.93. The first-order valence-corrected chi connectivity index (χ1v) is 11.6. The van der Waals surface area contributed by atoms with Gasteiger partial charge >= 0.3 is 6.18 Å². The predicted octanol–water partition coefficient (Wildman–Crippen LogP) is 4.98. The van der Waals surface area contributed by atoms with Gasteiger partial charge in [-0.25, -0.2) is 4.98 Å². The number of hydrogen-bond acceptors (Lipinski definition) is 7. The molecule has 4 aromatic rings. The highest BCUT2D eigenvalue weighted by molar-refractivity contribution is 6.05. The van der Waals surface area contributed by atoms with Gasteiger partial charge in [-0.15, -0.1) is 0 Å². The van der Waals surface area contributed by atoms with Crippen LogP contribution in [0.3, 0.4) is 0 Å². The number of nitrogens with one attached hydrogen (secondary N) is 2. The number of nitrogens with zero attached hydrogens (tertiary/aromatic N) is 6. The highest BCUT2D eigenvalue weighted by Crippen LogP contribution is 2.31. The largest absolute Gasteiger partial charge is 0.416 e. The molecule has 0 radical (unpaired) electrons. The first kappa shape index (κ1) is 24.2. The molecular weight excluding hydrogens is 485 g/mol. The maximum atomic E-state index is 13.0. The molecule has 0 bridgehead atoms. The van der Waals surface area contributed by atoms with E-state index in [1.807, 2.05) is 6.92 Å². The molecule has 1 aliphatic heterocycles. The number of alkyl halides is 3. The summed E-state index contributed by atoms with van der Waals surface area (Å²) in [7, 11) is 0. The fourth-order valence-corrected chi connectivity index (χ4v) is 3.96. The third-order valence-corrected chi connectivity index (χ3v) is 5.93. The molecule has 0 saturated carbocycles. The average Bonchev–Trinajstić information content (AvgIpc) is 3.60. The van der Waals surface area contributed by atoms with Gasteiger partial charge in [-0.2, -0.15) is 28.1 Å². The van der Waals surface area contributed by atoms with E-state index in [1.54, 1.807) is 41.5 Å². The second kappa shape index (κ2) is 9.88. The number of carbonyl (C=O) groups excluding carboxylic acids is 1. The maximum Gasteiger partial charge on any atom is 0.416 e. The van der Waals surface area contributed by atoms with E-state index >= 15 is 0 Å². The Bertz CT molecular complexity index is 1420. The minimum atomic E-state index is -4.50.